The average Bonchev–Trinajstić information content (AvgIpc) is 3.25. The minimum atomic E-state index is -3.69. The van der Waals surface area contributed by atoms with Crippen molar-refractivity contribution in [2.75, 3.05) is 31.9 Å². The quantitative estimate of drug-likeness (QED) is 0.663. The predicted molar refractivity (Wildman–Crippen MR) is 98.2 cm³/mol. The van der Waals surface area contributed by atoms with Gasteiger partial charge in [0.05, 0.1) is 11.7 Å². The van der Waals surface area contributed by atoms with E-state index in [2.05, 4.69) is 15.1 Å². The summed E-state index contributed by atoms with van der Waals surface area (Å²) in [4.78, 5) is 8.27. The number of aryl methyl sites for hydroxylation is 1. The second-order valence-electron chi connectivity index (χ2n) is 7.25. The zero-order chi connectivity index (χ0) is 20.2. The number of pyridine rings is 1. The molecule has 4 rings (SSSR count). The summed E-state index contributed by atoms with van der Waals surface area (Å²) >= 11 is 0. The highest BCUT2D eigenvalue weighted by Gasteiger charge is 2.60. The summed E-state index contributed by atoms with van der Waals surface area (Å²) in [6, 6.07) is 3.06. The number of hydrogen-bond acceptors (Lipinski definition) is 8. The molecule has 4 heterocycles. The Kier molecular flexibility index (Phi) is 4.56. The van der Waals surface area contributed by atoms with Crippen LogP contribution in [0.15, 0.2) is 33.9 Å². The molecular formula is C16H21N5O5S2. The second kappa shape index (κ2) is 6.58. The zero-order valence-corrected chi connectivity index (χ0v) is 17.1. The van der Waals surface area contributed by atoms with E-state index >= 15 is 0 Å². The van der Waals surface area contributed by atoms with Crippen molar-refractivity contribution < 1.29 is 21.4 Å². The third kappa shape index (κ3) is 3.04. The van der Waals surface area contributed by atoms with Crippen molar-refractivity contribution in [2.24, 2.45) is 5.41 Å². The average molecular weight is 428 g/mol. The third-order valence-electron chi connectivity index (χ3n) is 5.47. The normalized spacial score (nSPS) is 23.1. The fourth-order valence-electron chi connectivity index (χ4n) is 3.91. The highest BCUT2D eigenvalue weighted by atomic mass is 32.2. The highest BCUT2D eigenvalue weighted by molar-refractivity contribution is 7.89. The lowest BCUT2D eigenvalue weighted by atomic mass is 9.73. The first kappa shape index (κ1) is 19.4. The van der Waals surface area contributed by atoms with Crippen LogP contribution < -0.4 is 0 Å². The van der Waals surface area contributed by atoms with Crippen LogP contribution in [0.5, 0.6) is 0 Å². The Bertz CT molecular complexity index is 1080. The summed E-state index contributed by atoms with van der Waals surface area (Å²) in [5.41, 5.74) is -0.587. The van der Waals surface area contributed by atoms with Crippen LogP contribution in [0.2, 0.25) is 0 Å². The van der Waals surface area contributed by atoms with Crippen LogP contribution in [0.4, 0.5) is 0 Å². The van der Waals surface area contributed by atoms with Crippen molar-refractivity contribution in [3.63, 3.8) is 0 Å². The van der Waals surface area contributed by atoms with Gasteiger partial charge in [0.1, 0.15) is 4.90 Å². The SMILES string of the molecule is CCS(=O)(=O)N1CC(c2nc(C)no2)C2(C1)CN(S(=O)(=O)c1cccnc1)C2. The fraction of sp³-hybridized carbons (Fsp3) is 0.562. The second-order valence-corrected chi connectivity index (χ2v) is 11.4. The van der Waals surface area contributed by atoms with Gasteiger partial charge in [0.15, 0.2) is 5.82 Å². The van der Waals surface area contributed by atoms with Gasteiger partial charge in [0.2, 0.25) is 25.9 Å². The van der Waals surface area contributed by atoms with E-state index in [9.17, 15) is 16.8 Å². The van der Waals surface area contributed by atoms with Crippen LogP contribution in [0.25, 0.3) is 0 Å². The van der Waals surface area contributed by atoms with Crippen LogP contribution in [-0.4, -0.2) is 72.5 Å². The Morgan fingerprint density at radius 2 is 1.93 bits per heavy atom. The minimum Gasteiger partial charge on any atom is -0.339 e. The van der Waals surface area contributed by atoms with Crippen LogP contribution in [-0.2, 0) is 20.0 Å². The molecule has 2 aromatic heterocycles. The molecule has 2 fully saturated rings. The third-order valence-corrected chi connectivity index (χ3v) is 9.04. The molecule has 0 aromatic carbocycles. The van der Waals surface area contributed by atoms with Crippen molar-refractivity contribution in [1.29, 1.82) is 0 Å². The molecule has 0 N–H and O–H groups in total. The lowest BCUT2D eigenvalue weighted by Gasteiger charge is -2.48. The molecule has 2 aliphatic heterocycles. The summed E-state index contributed by atoms with van der Waals surface area (Å²) < 4.78 is 58.6. The van der Waals surface area contributed by atoms with Gasteiger partial charge >= 0.3 is 0 Å². The smallest absolute Gasteiger partial charge is 0.244 e. The number of sulfonamides is 2. The predicted octanol–water partition coefficient (Wildman–Crippen LogP) is 0.213. The first-order chi connectivity index (χ1) is 13.2. The standard InChI is InChI=1S/C16H21N5O5S2/c1-3-27(22,23)20-8-14(15-18-12(2)19-26-15)16(9-20)10-21(11-16)28(24,25)13-5-4-6-17-7-13/h4-7,14H,3,8-11H2,1-2H3. The summed E-state index contributed by atoms with van der Waals surface area (Å²) in [6.07, 6.45) is 2.82. The molecule has 2 aromatic rings. The van der Waals surface area contributed by atoms with Gasteiger partial charge in [-0.05, 0) is 26.0 Å². The lowest BCUT2D eigenvalue weighted by Crippen LogP contribution is -2.61. The Morgan fingerprint density at radius 3 is 2.50 bits per heavy atom. The molecule has 0 aliphatic carbocycles. The molecule has 1 atom stereocenters. The molecule has 0 saturated carbocycles. The fourth-order valence-corrected chi connectivity index (χ4v) is 6.70. The van der Waals surface area contributed by atoms with Crippen LogP contribution in [0.1, 0.15) is 24.6 Å². The van der Waals surface area contributed by atoms with Gasteiger partial charge in [-0.3, -0.25) is 4.98 Å². The van der Waals surface area contributed by atoms with E-state index in [-0.39, 0.29) is 42.7 Å². The Labute approximate surface area is 163 Å². The van der Waals surface area contributed by atoms with Crippen molar-refractivity contribution in [1.82, 2.24) is 23.7 Å². The Balaban J connectivity index is 1.64. The largest absolute Gasteiger partial charge is 0.339 e. The number of nitrogens with zero attached hydrogens (tertiary/aromatic N) is 5. The highest BCUT2D eigenvalue weighted by Crippen LogP contribution is 2.50. The van der Waals surface area contributed by atoms with E-state index < -0.39 is 25.5 Å². The first-order valence-electron chi connectivity index (χ1n) is 8.86. The summed E-state index contributed by atoms with van der Waals surface area (Å²) in [5, 5.41) is 3.81. The molecule has 0 bridgehead atoms. The van der Waals surface area contributed by atoms with Crippen LogP contribution in [0, 0.1) is 12.3 Å². The molecule has 2 aliphatic rings. The molecular weight excluding hydrogens is 406 g/mol. The number of rotatable bonds is 5. The first-order valence-corrected chi connectivity index (χ1v) is 11.9. The monoisotopic (exact) mass is 427 g/mol. The lowest BCUT2D eigenvalue weighted by molar-refractivity contribution is 0.0592. The summed E-state index contributed by atoms with van der Waals surface area (Å²) in [7, 11) is -7.11. The molecule has 0 amide bonds. The molecule has 28 heavy (non-hydrogen) atoms. The van der Waals surface area contributed by atoms with E-state index in [0.717, 1.165) is 0 Å². The topological polar surface area (TPSA) is 127 Å². The molecule has 1 spiro atoms. The Morgan fingerprint density at radius 1 is 1.21 bits per heavy atom. The molecule has 152 valence electrons. The Hall–Kier alpha value is -1.89. The molecule has 2 saturated heterocycles. The van der Waals surface area contributed by atoms with Gasteiger partial charge in [-0.25, -0.2) is 21.1 Å². The number of hydrogen-bond donors (Lipinski definition) is 0. The number of aromatic nitrogens is 3. The van der Waals surface area contributed by atoms with Gasteiger partial charge in [0.25, 0.3) is 0 Å². The summed E-state index contributed by atoms with van der Waals surface area (Å²) in [5.74, 6) is 0.442. The van der Waals surface area contributed by atoms with Crippen molar-refractivity contribution in [3.05, 3.63) is 36.2 Å². The molecule has 1 unspecified atom stereocenters. The van der Waals surface area contributed by atoms with Gasteiger partial charge < -0.3 is 4.52 Å². The maximum absolute atomic E-state index is 12.8. The van der Waals surface area contributed by atoms with Crippen molar-refractivity contribution in [2.45, 2.75) is 24.7 Å². The molecule has 10 nitrogen and oxygen atoms in total. The maximum atomic E-state index is 12.8. The van der Waals surface area contributed by atoms with Gasteiger partial charge in [-0.2, -0.15) is 9.29 Å². The zero-order valence-electron chi connectivity index (χ0n) is 15.5. The minimum absolute atomic E-state index is 0.0175. The van der Waals surface area contributed by atoms with Crippen LogP contribution >= 0.6 is 0 Å². The van der Waals surface area contributed by atoms with E-state index in [0.29, 0.717) is 11.7 Å². The van der Waals surface area contributed by atoms with Gasteiger partial charge in [0, 0.05) is 44.0 Å². The molecule has 12 heteroatoms. The van der Waals surface area contributed by atoms with Crippen molar-refractivity contribution >= 4 is 20.0 Å². The maximum Gasteiger partial charge on any atom is 0.244 e. The van der Waals surface area contributed by atoms with E-state index in [1.165, 1.54) is 27.1 Å². The van der Waals surface area contributed by atoms with Crippen LogP contribution in [0.3, 0.4) is 0 Å². The summed E-state index contributed by atoms with van der Waals surface area (Å²) in [6.45, 7) is 4.09. The van der Waals surface area contributed by atoms with E-state index in [1.807, 2.05) is 0 Å². The van der Waals surface area contributed by atoms with Gasteiger partial charge in [-0.1, -0.05) is 5.16 Å². The van der Waals surface area contributed by atoms with E-state index in [1.54, 1.807) is 19.9 Å². The molecule has 0 radical (unpaired) electrons. The van der Waals surface area contributed by atoms with Gasteiger partial charge in [-0.15, -0.1) is 0 Å². The van der Waals surface area contributed by atoms with E-state index in [4.69, 9.17) is 4.52 Å². The van der Waals surface area contributed by atoms with Crippen molar-refractivity contribution in [3.8, 4) is 0 Å².